The first-order valence-corrected chi connectivity index (χ1v) is 7.41. The van der Waals surface area contributed by atoms with Crippen LogP contribution in [0, 0.1) is 13.8 Å². The van der Waals surface area contributed by atoms with Crippen LogP contribution < -0.4 is 0 Å². The van der Waals surface area contributed by atoms with Gasteiger partial charge in [-0.1, -0.05) is 40.9 Å². The average Bonchev–Trinajstić information content (AvgIpc) is 2.36. The zero-order chi connectivity index (χ0) is 14.7. The second-order valence-corrected chi connectivity index (χ2v) is 5.97. The highest BCUT2D eigenvalue weighted by atomic mass is 35.5. The summed E-state index contributed by atoms with van der Waals surface area (Å²) in [7, 11) is 0. The van der Waals surface area contributed by atoms with Crippen molar-refractivity contribution in [1.82, 2.24) is 4.98 Å². The number of pyridine rings is 1. The fourth-order valence-electron chi connectivity index (χ4n) is 1.95. The molecule has 5 heteroatoms. The molecule has 2 aromatic rings. The van der Waals surface area contributed by atoms with E-state index in [0.29, 0.717) is 10.0 Å². The molecule has 1 heterocycles. The molecule has 0 atom stereocenters. The smallest absolute Gasteiger partial charge is 0.337 e. The number of carbonyl (C=O) groups is 1. The molecule has 0 spiro atoms. The third-order valence-corrected chi connectivity index (χ3v) is 4.19. The summed E-state index contributed by atoms with van der Waals surface area (Å²) in [6, 6.07) is 7.81. The second-order valence-electron chi connectivity index (χ2n) is 4.60. The average molecular weight is 308 g/mol. The number of carboxylic acids is 1. The lowest BCUT2D eigenvalue weighted by Crippen LogP contribution is -1.98. The number of hydrogen-bond donors (Lipinski definition) is 1. The fraction of sp³-hybridized carbons (Fsp3) is 0.200. The van der Waals surface area contributed by atoms with Crippen molar-refractivity contribution in [3.63, 3.8) is 0 Å². The van der Waals surface area contributed by atoms with Gasteiger partial charge in [0.1, 0.15) is 5.03 Å². The molecule has 20 heavy (non-hydrogen) atoms. The van der Waals surface area contributed by atoms with Crippen LogP contribution in [0.15, 0.2) is 35.5 Å². The predicted molar refractivity (Wildman–Crippen MR) is 81.7 cm³/mol. The van der Waals surface area contributed by atoms with E-state index < -0.39 is 5.97 Å². The highest BCUT2D eigenvalue weighted by Gasteiger charge is 2.09. The van der Waals surface area contributed by atoms with Gasteiger partial charge >= 0.3 is 5.97 Å². The zero-order valence-electron chi connectivity index (χ0n) is 11.2. The largest absolute Gasteiger partial charge is 0.478 e. The minimum absolute atomic E-state index is 0.103. The summed E-state index contributed by atoms with van der Waals surface area (Å²) < 4.78 is 0. The van der Waals surface area contributed by atoms with Crippen LogP contribution in [0.3, 0.4) is 0 Å². The molecule has 0 amide bonds. The molecule has 0 aliphatic carbocycles. The molecule has 1 aromatic carbocycles. The van der Waals surface area contributed by atoms with E-state index in [1.807, 2.05) is 0 Å². The lowest BCUT2D eigenvalue weighted by atomic mass is 10.1. The molecular weight excluding hydrogens is 294 g/mol. The minimum Gasteiger partial charge on any atom is -0.478 e. The maximum atomic E-state index is 10.8. The topological polar surface area (TPSA) is 50.2 Å². The molecule has 0 unspecified atom stereocenters. The van der Waals surface area contributed by atoms with Crippen LogP contribution in [0.5, 0.6) is 0 Å². The van der Waals surface area contributed by atoms with Crippen LogP contribution >= 0.6 is 23.4 Å². The Bertz CT molecular complexity index is 638. The number of aromatic carboxylic acids is 1. The van der Waals surface area contributed by atoms with Gasteiger partial charge in [-0.3, -0.25) is 0 Å². The summed E-state index contributed by atoms with van der Waals surface area (Å²) in [6.45, 7) is 4.13. The van der Waals surface area contributed by atoms with Crippen LogP contribution in [0.2, 0.25) is 5.02 Å². The Morgan fingerprint density at radius 3 is 2.45 bits per heavy atom. The Morgan fingerprint density at radius 2 is 1.90 bits per heavy atom. The number of carboxylic acid groups (broad SMARTS) is 1. The Hall–Kier alpha value is -1.52. The fourth-order valence-corrected chi connectivity index (χ4v) is 3.08. The van der Waals surface area contributed by atoms with Crippen LogP contribution in [-0.2, 0) is 5.75 Å². The first-order chi connectivity index (χ1) is 9.45. The van der Waals surface area contributed by atoms with E-state index in [4.69, 9.17) is 16.7 Å². The summed E-state index contributed by atoms with van der Waals surface area (Å²) in [5.74, 6) is -0.271. The molecule has 0 saturated heterocycles. The predicted octanol–water partition coefficient (Wildman–Crippen LogP) is 4.34. The van der Waals surface area contributed by atoms with Gasteiger partial charge in [-0.15, -0.1) is 11.8 Å². The van der Waals surface area contributed by atoms with E-state index in [-0.39, 0.29) is 5.56 Å². The number of aromatic nitrogens is 1. The van der Waals surface area contributed by atoms with Crippen molar-refractivity contribution >= 4 is 29.3 Å². The third-order valence-electron chi connectivity index (χ3n) is 2.71. The van der Waals surface area contributed by atoms with E-state index in [1.54, 1.807) is 0 Å². The van der Waals surface area contributed by atoms with Crippen molar-refractivity contribution in [2.75, 3.05) is 0 Å². The first-order valence-electron chi connectivity index (χ1n) is 6.04. The second kappa shape index (κ2) is 6.29. The lowest BCUT2D eigenvalue weighted by molar-refractivity contribution is 0.0696. The normalized spacial score (nSPS) is 10.6. The van der Waals surface area contributed by atoms with Gasteiger partial charge in [-0.2, -0.15) is 0 Å². The Balaban J connectivity index is 2.12. The first kappa shape index (κ1) is 14.9. The molecule has 3 nitrogen and oxygen atoms in total. The molecule has 0 bridgehead atoms. The lowest BCUT2D eigenvalue weighted by Gasteiger charge is -2.06. The van der Waals surface area contributed by atoms with Gasteiger partial charge < -0.3 is 5.11 Å². The third kappa shape index (κ3) is 3.74. The van der Waals surface area contributed by atoms with E-state index in [0.717, 1.165) is 5.75 Å². The van der Waals surface area contributed by atoms with Crippen LogP contribution in [0.4, 0.5) is 0 Å². The summed E-state index contributed by atoms with van der Waals surface area (Å²) >= 11 is 7.56. The number of benzene rings is 1. The van der Waals surface area contributed by atoms with Crippen LogP contribution in [0.1, 0.15) is 27.0 Å². The van der Waals surface area contributed by atoms with Gasteiger partial charge in [0.2, 0.25) is 0 Å². The molecule has 104 valence electrons. The highest BCUT2D eigenvalue weighted by molar-refractivity contribution is 7.98. The maximum absolute atomic E-state index is 10.8. The SMILES string of the molecule is Cc1cc(C)cc(CSc2ncc(C(=O)O)cc2Cl)c1. The molecule has 0 fully saturated rings. The van der Waals surface area contributed by atoms with Crippen molar-refractivity contribution in [2.24, 2.45) is 0 Å². The van der Waals surface area contributed by atoms with E-state index in [1.165, 1.54) is 40.7 Å². The summed E-state index contributed by atoms with van der Waals surface area (Å²) in [6.07, 6.45) is 1.33. The van der Waals surface area contributed by atoms with Gasteiger partial charge in [-0.05, 0) is 25.5 Å². The van der Waals surface area contributed by atoms with Gasteiger partial charge in [0.25, 0.3) is 0 Å². The van der Waals surface area contributed by atoms with E-state index >= 15 is 0 Å². The molecule has 1 aromatic heterocycles. The Kier molecular flexibility index (Phi) is 4.68. The quantitative estimate of drug-likeness (QED) is 0.854. The number of halogens is 1. The number of aryl methyl sites for hydroxylation is 2. The van der Waals surface area contributed by atoms with E-state index in [9.17, 15) is 4.79 Å². The van der Waals surface area contributed by atoms with Gasteiger partial charge in [0.15, 0.2) is 0 Å². The Labute approximate surface area is 127 Å². The Morgan fingerprint density at radius 1 is 1.25 bits per heavy atom. The number of rotatable bonds is 4. The molecule has 0 aliphatic rings. The maximum Gasteiger partial charge on any atom is 0.337 e. The van der Waals surface area contributed by atoms with E-state index in [2.05, 4.69) is 37.0 Å². The molecule has 2 rings (SSSR count). The summed E-state index contributed by atoms with van der Waals surface area (Å²) in [5.41, 5.74) is 3.75. The van der Waals surface area contributed by atoms with Gasteiger partial charge in [0.05, 0.1) is 10.6 Å². The number of thioether (sulfide) groups is 1. The van der Waals surface area contributed by atoms with Crippen molar-refractivity contribution < 1.29 is 9.90 Å². The molecular formula is C15H14ClNO2S. The van der Waals surface area contributed by atoms with Crippen molar-refractivity contribution in [3.8, 4) is 0 Å². The minimum atomic E-state index is -1.02. The molecule has 0 saturated carbocycles. The number of nitrogens with zero attached hydrogens (tertiary/aromatic N) is 1. The zero-order valence-corrected chi connectivity index (χ0v) is 12.8. The van der Waals surface area contributed by atoms with Gasteiger partial charge in [-0.25, -0.2) is 9.78 Å². The van der Waals surface area contributed by atoms with Crippen LogP contribution in [0.25, 0.3) is 0 Å². The summed E-state index contributed by atoms with van der Waals surface area (Å²) in [4.78, 5) is 14.9. The van der Waals surface area contributed by atoms with Crippen molar-refractivity contribution in [3.05, 3.63) is 57.7 Å². The van der Waals surface area contributed by atoms with Gasteiger partial charge in [0, 0.05) is 11.9 Å². The monoisotopic (exact) mass is 307 g/mol. The number of hydrogen-bond acceptors (Lipinski definition) is 3. The van der Waals surface area contributed by atoms with Crippen molar-refractivity contribution in [2.45, 2.75) is 24.6 Å². The van der Waals surface area contributed by atoms with Crippen LogP contribution in [-0.4, -0.2) is 16.1 Å². The standard InChI is InChI=1S/C15H14ClNO2S/c1-9-3-10(2)5-11(4-9)8-20-14-13(16)6-12(7-17-14)15(18)19/h3-7H,8H2,1-2H3,(H,18,19). The molecule has 1 N–H and O–H groups in total. The van der Waals surface area contributed by atoms with Crippen molar-refractivity contribution in [1.29, 1.82) is 0 Å². The molecule has 0 radical (unpaired) electrons. The highest BCUT2D eigenvalue weighted by Crippen LogP contribution is 2.28. The summed E-state index contributed by atoms with van der Waals surface area (Å²) in [5, 5.41) is 9.89. The molecule has 0 aliphatic heterocycles.